The Labute approximate surface area is 129 Å². The van der Waals surface area contributed by atoms with E-state index < -0.39 is 0 Å². The van der Waals surface area contributed by atoms with Gasteiger partial charge in [0.25, 0.3) is 0 Å². The van der Waals surface area contributed by atoms with E-state index >= 15 is 0 Å². The highest BCUT2D eigenvalue weighted by atomic mass is 15.1. The quantitative estimate of drug-likeness (QED) is 0.350. The minimum Gasteiger partial charge on any atom is -0.359 e. The molecule has 3 aromatic rings. The third-order valence-corrected chi connectivity index (χ3v) is 3.04. The predicted octanol–water partition coefficient (Wildman–Crippen LogP) is 5.83. The highest BCUT2D eigenvalue weighted by Gasteiger charge is 1.92. The van der Waals surface area contributed by atoms with E-state index in [1.165, 1.54) is 16.6 Å². The first-order valence-electron chi connectivity index (χ1n) is 7.02. The van der Waals surface area contributed by atoms with Gasteiger partial charge in [-0.15, -0.1) is 0 Å². The molecule has 0 aliphatic rings. The second-order valence-corrected chi connectivity index (χ2v) is 4.93. The molecule has 22 heavy (non-hydrogen) atoms. The number of fused-ring (bicyclic) bond motifs is 1. The van der Waals surface area contributed by atoms with Crippen LogP contribution in [-0.2, 0) is 0 Å². The molecule has 4 heteroatoms. The molecule has 4 nitrogen and oxygen atoms in total. The molecule has 0 atom stereocenters. The summed E-state index contributed by atoms with van der Waals surface area (Å²) in [6.07, 6.45) is 1.83. The number of allylic oxidation sites excluding steroid dienone is 1. The highest BCUT2D eigenvalue weighted by Crippen LogP contribution is 2.13. The first-order valence-corrected chi connectivity index (χ1v) is 7.02. The lowest BCUT2D eigenvalue weighted by atomic mass is 10.2. The number of rotatable bonds is 2. The zero-order chi connectivity index (χ0) is 15.8. The maximum absolute atomic E-state index is 8.13. The molecule has 0 radical (unpaired) electrons. The molecule has 0 aliphatic heterocycles. The zero-order valence-corrected chi connectivity index (χ0v) is 12.7. The van der Waals surface area contributed by atoms with Crippen LogP contribution in [0.5, 0.6) is 0 Å². The van der Waals surface area contributed by atoms with Gasteiger partial charge in [-0.1, -0.05) is 53.6 Å². The SMILES string of the molecule is C/C(=C/c1ccccc1)N=[N+]=[N-].Cc1cc2ccccc2[nH]1. The number of hydrogen-bond acceptors (Lipinski definition) is 1. The van der Waals surface area contributed by atoms with Gasteiger partial charge >= 0.3 is 0 Å². The number of aromatic amines is 1. The van der Waals surface area contributed by atoms with Crippen LogP contribution in [0.2, 0.25) is 0 Å². The van der Waals surface area contributed by atoms with Crippen molar-refractivity contribution >= 4 is 17.0 Å². The molecule has 3 rings (SSSR count). The number of nitrogens with zero attached hydrogens (tertiary/aromatic N) is 3. The van der Waals surface area contributed by atoms with Gasteiger partial charge in [-0.05, 0) is 48.5 Å². The van der Waals surface area contributed by atoms with Gasteiger partial charge in [0.2, 0.25) is 0 Å². The van der Waals surface area contributed by atoms with Crippen LogP contribution < -0.4 is 0 Å². The van der Waals surface area contributed by atoms with E-state index in [-0.39, 0.29) is 0 Å². The zero-order valence-electron chi connectivity index (χ0n) is 12.7. The molecule has 2 aromatic carbocycles. The minimum absolute atomic E-state index is 0.670. The summed E-state index contributed by atoms with van der Waals surface area (Å²) in [6, 6.07) is 20.2. The van der Waals surface area contributed by atoms with Gasteiger partial charge in [-0.25, -0.2) is 0 Å². The summed E-state index contributed by atoms with van der Waals surface area (Å²) in [4.78, 5) is 5.95. The first kappa shape index (κ1) is 15.4. The van der Waals surface area contributed by atoms with Crippen LogP contribution in [0.1, 0.15) is 18.2 Å². The van der Waals surface area contributed by atoms with Crippen molar-refractivity contribution < 1.29 is 0 Å². The standard InChI is InChI=1S/C9H9N3.C9H9N/c1-8(11-12-10)7-9-5-3-2-4-6-9;1-7-6-8-4-2-3-5-9(8)10-7/h2-7H,1H3;2-6,10H,1H3/b8-7-;. The van der Waals surface area contributed by atoms with Crippen LogP contribution in [0.4, 0.5) is 0 Å². The number of aryl methyl sites for hydroxylation is 1. The maximum atomic E-state index is 8.13. The Morgan fingerprint density at radius 3 is 2.45 bits per heavy atom. The molecule has 0 saturated heterocycles. The molecule has 1 aromatic heterocycles. The van der Waals surface area contributed by atoms with E-state index in [1.54, 1.807) is 6.92 Å². The number of aromatic nitrogens is 1. The Morgan fingerprint density at radius 2 is 1.77 bits per heavy atom. The van der Waals surface area contributed by atoms with Crippen molar-refractivity contribution in [3.63, 3.8) is 0 Å². The average molecular weight is 290 g/mol. The van der Waals surface area contributed by atoms with Gasteiger partial charge in [0.15, 0.2) is 0 Å². The molecule has 0 spiro atoms. The van der Waals surface area contributed by atoms with E-state index in [1.807, 2.05) is 42.5 Å². The number of azide groups is 1. The van der Waals surface area contributed by atoms with E-state index in [0.717, 1.165) is 5.56 Å². The monoisotopic (exact) mass is 290 g/mol. The minimum atomic E-state index is 0.670. The fourth-order valence-electron chi connectivity index (χ4n) is 2.11. The number of hydrogen-bond donors (Lipinski definition) is 1. The molecule has 0 amide bonds. The first-order chi connectivity index (χ1) is 10.7. The Morgan fingerprint density at radius 1 is 1.09 bits per heavy atom. The third kappa shape index (κ3) is 4.54. The largest absolute Gasteiger partial charge is 0.359 e. The molecule has 110 valence electrons. The lowest BCUT2D eigenvalue weighted by Gasteiger charge is -1.91. The van der Waals surface area contributed by atoms with Gasteiger partial charge in [0, 0.05) is 21.8 Å². The number of H-pyrrole nitrogens is 1. The summed E-state index contributed by atoms with van der Waals surface area (Å²) >= 11 is 0. The van der Waals surface area contributed by atoms with E-state index in [2.05, 4.69) is 46.2 Å². The van der Waals surface area contributed by atoms with Crippen molar-refractivity contribution in [2.24, 2.45) is 5.11 Å². The van der Waals surface area contributed by atoms with Gasteiger partial charge in [-0.3, -0.25) is 0 Å². The van der Waals surface area contributed by atoms with E-state index in [9.17, 15) is 0 Å². The van der Waals surface area contributed by atoms with Crippen molar-refractivity contribution in [2.45, 2.75) is 13.8 Å². The Kier molecular flexibility index (Phi) is 5.41. The summed E-state index contributed by atoms with van der Waals surface area (Å²) in [6.45, 7) is 3.84. The maximum Gasteiger partial charge on any atom is 0.0455 e. The van der Waals surface area contributed by atoms with Crippen LogP contribution in [0, 0.1) is 6.92 Å². The molecule has 0 unspecified atom stereocenters. The van der Waals surface area contributed by atoms with Crippen LogP contribution >= 0.6 is 0 Å². The topological polar surface area (TPSA) is 64.6 Å². The summed E-state index contributed by atoms with van der Waals surface area (Å²) in [5.41, 5.74) is 12.3. The van der Waals surface area contributed by atoms with Crippen LogP contribution in [-0.4, -0.2) is 4.98 Å². The van der Waals surface area contributed by atoms with E-state index in [0.29, 0.717) is 5.70 Å². The average Bonchev–Trinajstić information content (AvgIpc) is 2.89. The van der Waals surface area contributed by atoms with Gasteiger partial charge < -0.3 is 4.98 Å². The molecule has 0 fully saturated rings. The molecule has 0 bridgehead atoms. The predicted molar refractivity (Wildman–Crippen MR) is 92.3 cm³/mol. The Bertz CT molecular complexity index is 776. The Balaban J connectivity index is 0.000000162. The van der Waals surface area contributed by atoms with Crippen molar-refractivity contribution in [2.75, 3.05) is 0 Å². The van der Waals surface area contributed by atoms with Crippen molar-refractivity contribution in [1.82, 2.24) is 4.98 Å². The summed E-state index contributed by atoms with van der Waals surface area (Å²) in [5.74, 6) is 0. The van der Waals surface area contributed by atoms with Crippen molar-refractivity contribution in [3.8, 4) is 0 Å². The molecule has 0 saturated carbocycles. The smallest absolute Gasteiger partial charge is 0.0455 e. The lowest BCUT2D eigenvalue weighted by molar-refractivity contribution is 1.30. The normalized spacial score (nSPS) is 10.5. The molecule has 0 aliphatic carbocycles. The highest BCUT2D eigenvalue weighted by molar-refractivity contribution is 5.79. The molecule has 1 heterocycles. The summed E-state index contributed by atoms with van der Waals surface area (Å²) in [5, 5.41) is 4.75. The molecular weight excluding hydrogens is 272 g/mol. The fourth-order valence-corrected chi connectivity index (χ4v) is 2.11. The second-order valence-electron chi connectivity index (χ2n) is 4.93. The Hall–Kier alpha value is -2.97. The van der Waals surface area contributed by atoms with Gasteiger partial charge in [-0.2, -0.15) is 0 Å². The van der Waals surface area contributed by atoms with Gasteiger partial charge in [0.05, 0.1) is 0 Å². The third-order valence-electron chi connectivity index (χ3n) is 3.04. The second kappa shape index (κ2) is 7.72. The van der Waals surface area contributed by atoms with Crippen LogP contribution in [0.15, 0.2) is 71.5 Å². The number of para-hydroxylation sites is 1. The van der Waals surface area contributed by atoms with Gasteiger partial charge in [0.1, 0.15) is 0 Å². The molecular formula is C18H18N4. The van der Waals surface area contributed by atoms with Crippen molar-refractivity contribution in [1.29, 1.82) is 0 Å². The summed E-state index contributed by atoms with van der Waals surface area (Å²) < 4.78 is 0. The van der Waals surface area contributed by atoms with E-state index in [4.69, 9.17) is 5.53 Å². The molecule has 1 N–H and O–H groups in total. The fraction of sp³-hybridized carbons (Fsp3) is 0.111. The number of nitrogens with one attached hydrogen (secondary N) is 1. The van der Waals surface area contributed by atoms with Crippen LogP contribution in [0.3, 0.4) is 0 Å². The van der Waals surface area contributed by atoms with Crippen LogP contribution in [0.25, 0.3) is 27.4 Å². The lowest BCUT2D eigenvalue weighted by Crippen LogP contribution is -1.70. The number of benzene rings is 2. The summed E-state index contributed by atoms with van der Waals surface area (Å²) in [7, 11) is 0. The van der Waals surface area contributed by atoms with Crippen molar-refractivity contribution in [3.05, 3.63) is 88.1 Å².